The monoisotopic (exact) mass is 257 g/mol. The van der Waals surface area contributed by atoms with E-state index < -0.39 is 0 Å². The maximum Gasteiger partial charge on any atom is 0.150 e. The van der Waals surface area contributed by atoms with Crippen LogP contribution in [0.1, 0.15) is 17.7 Å². The third-order valence-electron chi connectivity index (χ3n) is 3.58. The first-order chi connectivity index (χ1) is 9.40. The van der Waals surface area contributed by atoms with Crippen LogP contribution in [0.4, 0.5) is 0 Å². The second-order valence-electron chi connectivity index (χ2n) is 5.07. The number of aromatic nitrogens is 1. The normalized spacial score (nSPS) is 19.9. The zero-order valence-electron chi connectivity index (χ0n) is 11.0. The molecule has 2 heterocycles. The van der Waals surface area contributed by atoms with Crippen molar-refractivity contribution in [2.45, 2.75) is 25.6 Å². The molecule has 1 aliphatic heterocycles. The van der Waals surface area contributed by atoms with Crippen molar-refractivity contribution in [1.82, 2.24) is 15.4 Å². The lowest BCUT2D eigenvalue weighted by Gasteiger charge is -2.16. The van der Waals surface area contributed by atoms with E-state index in [1.54, 1.807) is 6.20 Å². The van der Waals surface area contributed by atoms with Gasteiger partial charge in [-0.1, -0.05) is 35.5 Å². The quantitative estimate of drug-likeness (QED) is 0.890. The van der Waals surface area contributed by atoms with Crippen molar-refractivity contribution in [1.29, 1.82) is 0 Å². The summed E-state index contributed by atoms with van der Waals surface area (Å²) in [5.74, 6) is 0.904. The minimum Gasteiger partial charge on any atom is -0.360 e. The molecule has 1 unspecified atom stereocenters. The van der Waals surface area contributed by atoms with E-state index in [1.165, 1.54) is 12.0 Å². The molecule has 2 aromatic rings. The summed E-state index contributed by atoms with van der Waals surface area (Å²) in [6.07, 6.45) is 2.88. The first-order valence-corrected chi connectivity index (χ1v) is 6.79. The molecule has 0 amide bonds. The molecule has 1 saturated heterocycles. The Kier molecular flexibility index (Phi) is 3.91. The fourth-order valence-corrected chi connectivity index (χ4v) is 2.56. The summed E-state index contributed by atoms with van der Waals surface area (Å²) in [5.41, 5.74) is 1.39. The smallest absolute Gasteiger partial charge is 0.150 e. The Hall–Kier alpha value is -1.65. The van der Waals surface area contributed by atoms with Crippen molar-refractivity contribution >= 4 is 0 Å². The van der Waals surface area contributed by atoms with Gasteiger partial charge in [0.25, 0.3) is 0 Å². The molecule has 4 heteroatoms. The summed E-state index contributed by atoms with van der Waals surface area (Å²) in [5, 5.41) is 7.24. The average Bonchev–Trinajstić information content (AvgIpc) is 3.09. The minimum atomic E-state index is 0.550. The van der Waals surface area contributed by atoms with Crippen molar-refractivity contribution in [3.05, 3.63) is 53.9 Å². The predicted molar refractivity (Wildman–Crippen MR) is 73.5 cm³/mol. The van der Waals surface area contributed by atoms with Crippen LogP contribution in [-0.2, 0) is 13.1 Å². The first-order valence-electron chi connectivity index (χ1n) is 6.79. The van der Waals surface area contributed by atoms with Crippen LogP contribution >= 0.6 is 0 Å². The average molecular weight is 257 g/mol. The predicted octanol–water partition coefficient (Wildman–Crippen LogP) is 2.04. The Morgan fingerprint density at radius 1 is 1.26 bits per heavy atom. The van der Waals surface area contributed by atoms with Gasteiger partial charge in [-0.05, 0) is 12.0 Å². The Morgan fingerprint density at radius 3 is 2.95 bits per heavy atom. The molecule has 1 atom stereocenters. The molecule has 4 nitrogen and oxygen atoms in total. The standard InChI is InChI=1S/C15H19N3O/c1-2-4-13(5-3-1)11-18-9-7-14(12-18)16-10-15-6-8-17-19-15/h1-6,8,14,16H,7,9-12H2. The highest BCUT2D eigenvalue weighted by atomic mass is 16.5. The molecule has 0 saturated carbocycles. The maximum atomic E-state index is 5.09. The molecular formula is C15H19N3O. The van der Waals surface area contributed by atoms with Gasteiger partial charge in [-0.25, -0.2) is 0 Å². The van der Waals surface area contributed by atoms with Crippen molar-refractivity contribution in [3.8, 4) is 0 Å². The summed E-state index contributed by atoms with van der Waals surface area (Å²) in [6.45, 7) is 4.07. The van der Waals surface area contributed by atoms with Crippen LogP contribution in [0.2, 0.25) is 0 Å². The molecule has 0 aliphatic carbocycles. The lowest BCUT2D eigenvalue weighted by atomic mass is 10.2. The number of likely N-dealkylation sites (tertiary alicyclic amines) is 1. The lowest BCUT2D eigenvalue weighted by Crippen LogP contribution is -2.31. The number of rotatable bonds is 5. The molecule has 1 N–H and O–H groups in total. The number of nitrogens with one attached hydrogen (secondary N) is 1. The van der Waals surface area contributed by atoms with Gasteiger partial charge in [0, 0.05) is 31.7 Å². The van der Waals surface area contributed by atoms with Gasteiger partial charge in [-0.3, -0.25) is 4.90 Å². The highest BCUT2D eigenvalue weighted by molar-refractivity contribution is 5.14. The summed E-state index contributed by atoms with van der Waals surface area (Å²) >= 11 is 0. The summed E-state index contributed by atoms with van der Waals surface area (Å²) in [4.78, 5) is 2.49. The number of nitrogens with zero attached hydrogens (tertiary/aromatic N) is 2. The Labute approximate surface area is 113 Å². The molecular weight excluding hydrogens is 238 g/mol. The van der Waals surface area contributed by atoms with E-state index >= 15 is 0 Å². The van der Waals surface area contributed by atoms with Gasteiger partial charge >= 0.3 is 0 Å². The van der Waals surface area contributed by atoms with E-state index in [2.05, 4.69) is 45.7 Å². The highest BCUT2D eigenvalue weighted by Crippen LogP contribution is 2.13. The van der Waals surface area contributed by atoms with E-state index in [-0.39, 0.29) is 0 Å². The van der Waals surface area contributed by atoms with Crippen LogP contribution in [0.3, 0.4) is 0 Å². The van der Waals surface area contributed by atoms with Gasteiger partial charge in [-0.15, -0.1) is 0 Å². The van der Waals surface area contributed by atoms with Crippen LogP contribution in [-0.4, -0.2) is 29.2 Å². The topological polar surface area (TPSA) is 41.3 Å². The highest BCUT2D eigenvalue weighted by Gasteiger charge is 2.22. The van der Waals surface area contributed by atoms with Gasteiger partial charge in [0.2, 0.25) is 0 Å². The van der Waals surface area contributed by atoms with E-state index in [1.807, 2.05) is 6.07 Å². The Bertz CT molecular complexity index is 483. The van der Waals surface area contributed by atoms with Crippen molar-refractivity contribution in [2.24, 2.45) is 0 Å². The fraction of sp³-hybridized carbons (Fsp3) is 0.400. The molecule has 3 rings (SSSR count). The van der Waals surface area contributed by atoms with Crippen molar-refractivity contribution in [3.63, 3.8) is 0 Å². The molecule has 0 radical (unpaired) electrons. The largest absolute Gasteiger partial charge is 0.360 e. The SMILES string of the molecule is c1ccc(CN2CCC(NCc3ccno3)C2)cc1. The third kappa shape index (κ3) is 3.43. The van der Waals surface area contributed by atoms with Crippen LogP contribution in [0.5, 0.6) is 0 Å². The molecule has 1 aromatic heterocycles. The molecule has 100 valence electrons. The Balaban J connectivity index is 1.45. The van der Waals surface area contributed by atoms with Crippen LogP contribution in [0.15, 0.2) is 47.1 Å². The maximum absolute atomic E-state index is 5.09. The first kappa shape index (κ1) is 12.4. The van der Waals surface area contributed by atoms with E-state index in [9.17, 15) is 0 Å². The summed E-state index contributed by atoms with van der Waals surface area (Å²) in [6, 6.07) is 13.1. The fourth-order valence-electron chi connectivity index (χ4n) is 2.56. The van der Waals surface area contributed by atoms with Crippen LogP contribution in [0.25, 0.3) is 0 Å². The second kappa shape index (κ2) is 5.99. The van der Waals surface area contributed by atoms with Gasteiger partial charge in [-0.2, -0.15) is 0 Å². The zero-order valence-corrected chi connectivity index (χ0v) is 11.0. The van der Waals surface area contributed by atoms with E-state index in [0.29, 0.717) is 6.04 Å². The van der Waals surface area contributed by atoms with E-state index in [0.717, 1.165) is 31.9 Å². The van der Waals surface area contributed by atoms with Crippen molar-refractivity contribution < 1.29 is 4.52 Å². The second-order valence-corrected chi connectivity index (χ2v) is 5.07. The third-order valence-corrected chi connectivity index (χ3v) is 3.58. The summed E-state index contributed by atoms with van der Waals surface area (Å²) in [7, 11) is 0. The molecule has 0 spiro atoms. The van der Waals surface area contributed by atoms with Gasteiger partial charge in [0.15, 0.2) is 0 Å². The van der Waals surface area contributed by atoms with E-state index in [4.69, 9.17) is 4.52 Å². The van der Waals surface area contributed by atoms with Crippen LogP contribution < -0.4 is 5.32 Å². The zero-order chi connectivity index (χ0) is 12.9. The molecule has 1 aliphatic rings. The molecule has 1 fully saturated rings. The van der Waals surface area contributed by atoms with Gasteiger partial charge in [0.1, 0.15) is 5.76 Å². The number of hydrogen-bond donors (Lipinski definition) is 1. The minimum absolute atomic E-state index is 0.550. The van der Waals surface area contributed by atoms with Gasteiger partial charge < -0.3 is 9.84 Å². The number of benzene rings is 1. The van der Waals surface area contributed by atoms with Gasteiger partial charge in [0.05, 0.1) is 12.7 Å². The Morgan fingerprint density at radius 2 is 2.16 bits per heavy atom. The van der Waals surface area contributed by atoms with Crippen LogP contribution in [0, 0.1) is 0 Å². The number of hydrogen-bond acceptors (Lipinski definition) is 4. The molecule has 0 bridgehead atoms. The summed E-state index contributed by atoms with van der Waals surface area (Å²) < 4.78 is 5.09. The molecule has 1 aromatic carbocycles. The lowest BCUT2D eigenvalue weighted by molar-refractivity contribution is 0.315. The van der Waals surface area contributed by atoms with Crippen molar-refractivity contribution in [2.75, 3.05) is 13.1 Å². The molecule has 19 heavy (non-hydrogen) atoms.